The molecule has 12 heteroatoms. The van der Waals surface area contributed by atoms with Crippen molar-refractivity contribution in [3.05, 3.63) is 88.5 Å². The zero-order valence-electron chi connectivity index (χ0n) is 25.4. The van der Waals surface area contributed by atoms with Gasteiger partial charge in [0.25, 0.3) is 11.5 Å². The lowest BCUT2D eigenvalue weighted by Crippen LogP contribution is -2.39. The molecule has 12 nitrogen and oxygen atoms in total. The van der Waals surface area contributed by atoms with Crippen molar-refractivity contribution in [3.63, 3.8) is 0 Å². The number of carbonyl (C=O) groups is 2. The average molecular weight is 618 g/mol. The number of nitrogen functional groups attached to an aromatic ring is 1. The van der Waals surface area contributed by atoms with Crippen molar-refractivity contribution in [3.8, 4) is 16.8 Å². The van der Waals surface area contributed by atoms with Crippen LogP contribution in [-0.4, -0.2) is 58.7 Å². The van der Waals surface area contributed by atoms with E-state index in [2.05, 4.69) is 26.4 Å². The van der Waals surface area contributed by atoms with Crippen molar-refractivity contribution >= 4 is 28.8 Å². The first-order chi connectivity index (χ1) is 22.5. The highest BCUT2D eigenvalue weighted by molar-refractivity contribution is 6.05. The third-order valence-corrected chi connectivity index (χ3v) is 9.61. The van der Waals surface area contributed by atoms with E-state index in [9.17, 15) is 14.4 Å². The Balaban J connectivity index is 1.06. The smallest absolute Gasteiger partial charge is 0.284 e. The Morgan fingerprint density at radius 1 is 0.978 bits per heavy atom. The van der Waals surface area contributed by atoms with Crippen molar-refractivity contribution in [2.24, 2.45) is 5.92 Å². The highest BCUT2D eigenvalue weighted by Crippen LogP contribution is 2.38. The predicted octanol–water partition coefficient (Wildman–Crippen LogP) is 4.03. The number of hydrogen-bond donors (Lipinski definition) is 2. The minimum absolute atomic E-state index is 0.172. The van der Waals surface area contributed by atoms with Crippen molar-refractivity contribution in [2.75, 3.05) is 24.1 Å². The molecule has 5 aromatic rings. The molecule has 0 atom stereocenters. The topological polar surface area (TPSA) is 145 Å². The first-order valence-corrected chi connectivity index (χ1v) is 16.1. The van der Waals surface area contributed by atoms with Crippen LogP contribution in [0.4, 0.5) is 11.5 Å². The third-order valence-electron chi connectivity index (χ3n) is 9.61. The number of carbonyl (C=O) groups excluding carboxylic acids is 2. The number of nitrogens with one attached hydrogen (secondary N) is 1. The van der Waals surface area contributed by atoms with Gasteiger partial charge < -0.3 is 16.0 Å². The van der Waals surface area contributed by atoms with E-state index in [0.717, 1.165) is 79.6 Å². The van der Waals surface area contributed by atoms with Crippen molar-refractivity contribution < 1.29 is 9.59 Å². The Labute approximate surface area is 264 Å². The lowest BCUT2D eigenvalue weighted by atomic mass is 9.92. The van der Waals surface area contributed by atoms with Gasteiger partial charge in [-0.2, -0.15) is 5.10 Å². The molecule has 0 radical (unpaired) electrons. The summed E-state index contributed by atoms with van der Waals surface area (Å²) in [7, 11) is 0. The van der Waals surface area contributed by atoms with Gasteiger partial charge >= 0.3 is 0 Å². The van der Waals surface area contributed by atoms with E-state index >= 15 is 0 Å². The molecule has 4 aromatic heterocycles. The van der Waals surface area contributed by atoms with E-state index in [4.69, 9.17) is 5.73 Å². The predicted molar refractivity (Wildman–Crippen MR) is 173 cm³/mol. The molecule has 2 aliphatic heterocycles. The van der Waals surface area contributed by atoms with Gasteiger partial charge in [0.2, 0.25) is 5.91 Å². The van der Waals surface area contributed by atoms with Crippen LogP contribution in [0.15, 0.2) is 66.0 Å². The zero-order valence-corrected chi connectivity index (χ0v) is 25.4. The first kappa shape index (κ1) is 28.2. The van der Waals surface area contributed by atoms with Crippen molar-refractivity contribution in [1.82, 2.24) is 33.8 Å². The van der Waals surface area contributed by atoms with E-state index in [0.29, 0.717) is 36.1 Å². The molecule has 2 amide bonds. The minimum atomic E-state index is -0.424. The highest BCUT2D eigenvalue weighted by Gasteiger charge is 2.36. The van der Waals surface area contributed by atoms with Gasteiger partial charge in [-0.1, -0.05) is 12.1 Å². The van der Waals surface area contributed by atoms with Crippen LogP contribution >= 0.6 is 0 Å². The van der Waals surface area contributed by atoms with Gasteiger partial charge in [0.1, 0.15) is 17.4 Å². The molecule has 1 saturated carbocycles. The van der Waals surface area contributed by atoms with Crippen LogP contribution in [0.2, 0.25) is 0 Å². The summed E-state index contributed by atoms with van der Waals surface area (Å²) in [4.78, 5) is 50.3. The maximum atomic E-state index is 13.6. The number of fused-ring (bicyclic) bond motifs is 2. The number of rotatable bonds is 6. The first-order valence-electron chi connectivity index (χ1n) is 16.1. The molecule has 3 aliphatic rings. The summed E-state index contributed by atoms with van der Waals surface area (Å²) in [5, 5.41) is 7.52. The fraction of sp³-hybridized carbons (Fsp3) is 0.353. The summed E-state index contributed by atoms with van der Waals surface area (Å²) in [5.41, 5.74) is 11.8. The van der Waals surface area contributed by atoms with Gasteiger partial charge in [-0.15, -0.1) is 0 Å². The van der Waals surface area contributed by atoms with E-state index in [1.807, 2.05) is 44.4 Å². The summed E-state index contributed by atoms with van der Waals surface area (Å²) < 4.78 is 5.37. The second kappa shape index (κ2) is 11.3. The van der Waals surface area contributed by atoms with Gasteiger partial charge in [-0.25, -0.2) is 14.2 Å². The maximum Gasteiger partial charge on any atom is 0.284 e. The Morgan fingerprint density at radius 2 is 1.78 bits per heavy atom. The maximum absolute atomic E-state index is 13.6. The SMILES string of the molecule is Nc1ncnn2c(C3CCN(C(=O)C4CC4)CC3)cc(-c3ccc(NC(=O)c4c5n(n(-c6cccnc6)c4=O)CCCC5)cc3)c12. The molecular weight excluding hydrogens is 582 g/mol. The summed E-state index contributed by atoms with van der Waals surface area (Å²) in [6.45, 7) is 2.16. The van der Waals surface area contributed by atoms with Crippen LogP contribution in [0.3, 0.4) is 0 Å². The summed E-state index contributed by atoms with van der Waals surface area (Å²) >= 11 is 0. The average Bonchev–Trinajstić information content (AvgIpc) is 3.79. The Morgan fingerprint density at radius 3 is 2.52 bits per heavy atom. The molecule has 6 heterocycles. The number of pyridine rings is 1. The van der Waals surface area contributed by atoms with Crippen LogP contribution in [0.25, 0.3) is 22.3 Å². The third kappa shape index (κ3) is 4.84. The molecule has 8 rings (SSSR count). The number of benzene rings is 1. The van der Waals surface area contributed by atoms with E-state index in [1.54, 1.807) is 23.1 Å². The van der Waals surface area contributed by atoms with Crippen LogP contribution in [0, 0.1) is 5.92 Å². The summed E-state index contributed by atoms with van der Waals surface area (Å²) in [5.74, 6) is 0.734. The lowest BCUT2D eigenvalue weighted by Gasteiger charge is -2.32. The molecule has 0 unspecified atom stereocenters. The zero-order chi connectivity index (χ0) is 31.4. The van der Waals surface area contributed by atoms with Gasteiger partial charge in [-0.3, -0.25) is 24.0 Å². The molecule has 0 spiro atoms. The van der Waals surface area contributed by atoms with Gasteiger partial charge in [0.05, 0.1) is 17.6 Å². The molecule has 0 bridgehead atoms. The standard InChI is InChI=1S/C34H35N9O3/c35-31-30-26(18-28(42(30)38-20-37-31)22-12-16-40(17-13-22)33(45)23-6-7-23)21-8-10-24(11-9-21)39-32(44)29-27-5-1-2-15-41(27)43(34(29)46)25-4-3-14-36-19-25/h3-4,8-11,14,18-20,22-23H,1-2,5-7,12-13,15-17H2,(H,39,44)(H2,35,37,38). The summed E-state index contributed by atoms with van der Waals surface area (Å²) in [6, 6.07) is 13.3. The van der Waals surface area contributed by atoms with E-state index in [-0.39, 0.29) is 23.0 Å². The minimum Gasteiger partial charge on any atom is -0.382 e. The van der Waals surface area contributed by atoms with Crippen LogP contribution in [0.1, 0.15) is 66.2 Å². The monoisotopic (exact) mass is 617 g/mol. The number of amides is 2. The molecule has 1 saturated heterocycles. The van der Waals surface area contributed by atoms with Crippen molar-refractivity contribution in [1.29, 1.82) is 0 Å². The molecule has 3 N–H and O–H groups in total. The number of piperidine rings is 1. The van der Waals surface area contributed by atoms with Gasteiger partial charge in [0.15, 0.2) is 5.82 Å². The lowest BCUT2D eigenvalue weighted by molar-refractivity contribution is -0.133. The summed E-state index contributed by atoms with van der Waals surface area (Å²) in [6.07, 6.45) is 11.1. The number of anilines is 2. The number of aromatic nitrogens is 6. The van der Waals surface area contributed by atoms with Gasteiger partial charge in [0, 0.05) is 54.6 Å². The fourth-order valence-corrected chi connectivity index (χ4v) is 7.11. The Hall–Kier alpha value is -5.26. The Bertz CT molecular complexity index is 2010. The molecule has 1 aromatic carbocycles. The number of likely N-dealkylation sites (tertiary alicyclic amines) is 1. The fourth-order valence-electron chi connectivity index (χ4n) is 7.11. The largest absolute Gasteiger partial charge is 0.382 e. The second-order valence-electron chi connectivity index (χ2n) is 12.5. The quantitative estimate of drug-likeness (QED) is 0.293. The number of nitrogens with two attached hydrogens (primary N) is 1. The molecule has 234 valence electrons. The van der Waals surface area contributed by atoms with Gasteiger partial charge in [-0.05, 0) is 80.8 Å². The molecular formula is C34H35N9O3. The van der Waals surface area contributed by atoms with Crippen LogP contribution in [-0.2, 0) is 17.8 Å². The van der Waals surface area contributed by atoms with Crippen LogP contribution < -0.4 is 16.6 Å². The van der Waals surface area contributed by atoms with E-state index < -0.39 is 5.91 Å². The number of nitrogens with zero attached hydrogens (tertiary/aromatic N) is 7. The molecule has 1 aliphatic carbocycles. The van der Waals surface area contributed by atoms with E-state index in [1.165, 1.54) is 6.33 Å². The Kier molecular flexibility index (Phi) is 6.92. The van der Waals surface area contributed by atoms with Crippen LogP contribution in [0.5, 0.6) is 0 Å². The molecule has 2 fully saturated rings. The normalized spacial score (nSPS) is 16.8. The van der Waals surface area contributed by atoms with Crippen molar-refractivity contribution in [2.45, 2.75) is 57.4 Å². The second-order valence-corrected chi connectivity index (χ2v) is 12.5. The molecule has 46 heavy (non-hydrogen) atoms. The number of hydrogen-bond acceptors (Lipinski definition) is 7. The highest BCUT2D eigenvalue weighted by atomic mass is 16.2.